The quantitative estimate of drug-likeness (QED) is 0.382. The van der Waals surface area contributed by atoms with Crippen LogP contribution in [0.5, 0.6) is 11.5 Å². The fourth-order valence-electron chi connectivity index (χ4n) is 2.05. The minimum Gasteiger partial charge on any atom is -0.493 e. The standard InChI is InChI=1S/C19H19IO4/c1-13-4-6-14(7-5-13)12-24-19-16(20)10-15(11-17(19)22-2)8-9-18(21)23-3/h4-11H,12H2,1-3H3/b9-8+. The van der Waals surface area contributed by atoms with Crippen LogP contribution >= 0.6 is 22.6 Å². The Balaban J connectivity index is 2.18. The Kier molecular flexibility index (Phi) is 6.66. The topological polar surface area (TPSA) is 44.8 Å². The summed E-state index contributed by atoms with van der Waals surface area (Å²) in [4.78, 5) is 11.2. The Hall–Kier alpha value is -2.02. The van der Waals surface area contributed by atoms with E-state index in [4.69, 9.17) is 9.47 Å². The van der Waals surface area contributed by atoms with Gasteiger partial charge in [0.1, 0.15) is 6.61 Å². The van der Waals surface area contributed by atoms with Gasteiger partial charge in [-0.1, -0.05) is 29.8 Å². The number of aryl methyl sites for hydroxylation is 1. The van der Waals surface area contributed by atoms with Crippen LogP contribution in [0.1, 0.15) is 16.7 Å². The Bertz CT molecular complexity index is 736. The van der Waals surface area contributed by atoms with Gasteiger partial charge in [0.25, 0.3) is 0 Å². The van der Waals surface area contributed by atoms with Crippen molar-refractivity contribution < 1.29 is 19.0 Å². The molecule has 0 fully saturated rings. The van der Waals surface area contributed by atoms with Crippen molar-refractivity contribution in [2.24, 2.45) is 0 Å². The lowest BCUT2D eigenvalue weighted by Gasteiger charge is -2.14. The molecule has 0 radical (unpaired) electrons. The zero-order valence-corrected chi connectivity index (χ0v) is 16.0. The molecule has 0 amide bonds. The Labute approximate surface area is 155 Å². The molecule has 0 bridgehead atoms. The van der Waals surface area contributed by atoms with Gasteiger partial charge in [0, 0.05) is 6.08 Å². The number of hydrogen-bond acceptors (Lipinski definition) is 4. The minimum atomic E-state index is -0.399. The fourth-order valence-corrected chi connectivity index (χ4v) is 2.83. The molecule has 0 heterocycles. The molecule has 0 atom stereocenters. The predicted octanol–water partition coefficient (Wildman–Crippen LogP) is 4.37. The monoisotopic (exact) mass is 438 g/mol. The number of methoxy groups -OCH3 is 2. The number of carbonyl (C=O) groups excluding carboxylic acids is 1. The van der Waals surface area contributed by atoms with Gasteiger partial charge in [0.05, 0.1) is 17.8 Å². The van der Waals surface area contributed by atoms with Crippen molar-refractivity contribution in [3.8, 4) is 11.5 Å². The second kappa shape index (κ2) is 8.73. The van der Waals surface area contributed by atoms with E-state index in [-0.39, 0.29) is 0 Å². The first-order valence-corrected chi connectivity index (χ1v) is 8.43. The first-order chi connectivity index (χ1) is 11.5. The van der Waals surface area contributed by atoms with Gasteiger partial charge in [-0.3, -0.25) is 0 Å². The third kappa shape index (κ3) is 4.99. The molecule has 2 aromatic carbocycles. The first kappa shape index (κ1) is 18.3. The average molecular weight is 438 g/mol. The van der Waals surface area contributed by atoms with E-state index >= 15 is 0 Å². The summed E-state index contributed by atoms with van der Waals surface area (Å²) >= 11 is 2.19. The van der Waals surface area contributed by atoms with Crippen LogP contribution in [0.4, 0.5) is 0 Å². The van der Waals surface area contributed by atoms with Gasteiger partial charge >= 0.3 is 5.97 Å². The summed E-state index contributed by atoms with van der Waals surface area (Å²) in [6, 6.07) is 12.0. The zero-order chi connectivity index (χ0) is 17.5. The zero-order valence-electron chi connectivity index (χ0n) is 13.8. The number of benzene rings is 2. The normalized spacial score (nSPS) is 10.7. The molecule has 0 aromatic heterocycles. The van der Waals surface area contributed by atoms with E-state index in [1.807, 2.05) is 24.3 Å². The average Bonchev–Trinajstić information content (AvgIpc) is 2.59. The molecule has 0 unspecified atom stereocenters. The Morgan fingerprint density at radius 2 is 1.88 bits per heavy atom. The summed E-state index contributed by atoms with van der Waals surface area (Å²) in [6.07, 6.45) is 3.05. The van der Waals surface area contributed by atoms with E-state index in [0.29, 0.717) is 18.1 Å². The molecule has 2 rings (SSSR count). The van der Waals surface area contributed by atoms with E-state index in [0.717, 1.165) is 14.7 Å². The predicted molar refractivity (Wildman–Crippen MR) is 102 cm³/mol. The Morgan fingerprint density at radius 1 is 1.17 bits per heavy atom. The summed E-state index contributed by atoms with van der Waals surface area (Å²) in [5, 5.41) is 0. The molecule has 126 valence electrons. The van der Waals surface area contributed by atoms with Crippen LogP contribution in [-0.4, -0.2) is 20.2 Å². The largest absolute Gasteiger partial charge is 0.493 e. The van der Waals surface area contributed by atoms with Crippen LogP contribution in [0.25, 0.3) is 6.08 Å². The third-order valence-corrected chi connectivity index (χ3v) is 4.17. The fraction of sp³-hybridized carbons (Fsp3) is 0.211. The number of ether oxygens (including phenoxy) is 3. The highest BCUT2D eigenvalue weighted by Crippen LogP contribution is 2.35. The molecule has 0 saturated heterocycles. The van der Waals surface area contributed by atoms with Crippen molar-refractivity contribution >= 4 is 34.6 Å². The lowest BCUT2D eigenvalue weighted by atomic mass is 10.1. The van der Waals surface area contributed by atoms with E-state index in [1.54, 1.807) is 13.2 Å². The van der Waals surface area contributed by atoms with Gasteiger partial charge < -0.3 is 14.2 Å². The van der Waals surface area contributed by atoms with Gasteiger partial charge in [-0.15, -0.1) is 0 Å². The summed E-state index contributed by atoms with van der Waals surface area (Å²) in [5.41, 5.74) is 3.14. The number of rotatable bonds is 6. The van der Waals surface area contributed by atoms with Crippen molar-refractivity contribution in [3.05, 3.63) is 62.7 Å². The molecule has 0 N–H and O–H groups in total. The molecule has 4 nitrogen and oxygen atoms in total. The molecule has 0 saturated carbocycles. The van der Waals surface area contributed by atoms with E-state index in [9.17, 15) is 4.79 Å². The van der Waals surface area contributed by atoms with E-state index in [1.165, 1.54) is 18.7 Å². The molecular formula is C19H19IO4. The van der Waals surface area contributed by atoms with Gasteiger partial charge in [-0.2, -0.15) is 0 Å². The number of halogens is 1. The molecule has 2 aromatic rings. The molecule has 0 spiro atoms. The summed E-state index contributed by atoms with van der Waals surface area (Å²) in [7, 11) is 2.94. The second-order valence-electron chi connectivity index (χ2n) is 5.16. The highest BCUT2D eigenvalue weighted by Gasteiger charge is 2.11. The van der Waals surface area contributed by atoms with Crippen LogP contribution in [0.2, 0.25) is 0 Å². The van der Waals surface area contributed by atoms with E-state index in [2.05, 4.69) is 46.4 Å². The molecule has 0 aliphatic carbocycles. The highest BCUT2D eigenvalue weighted by molar-refractivity contribution is 14.1. The highest BCUT2D eigenvalue weighted by atomic mass is 127. The van der Waals surface area contributed by atoms with Crippen LogP contribution < -0.4 is 9.47 Å². The van der Waals surface area contributed by atoms with Crippen molar-refractivity contribution in [2.45, 2.75) is 13.5 Å². The van der Waals surface area contributed by atoms with Crippen LogP contribution in [0, 0.1) is 10.5 Å². The van der Waals surface area contributed by atoms with Gasteiger partial charge in [-0.05, 0) is 58.9 Å². The summed E-state index contributed by atoms with van der Waals surface area (Å²) < 4.78 is 16.9. The van der Waals surface area contributed by atoms with Crippen molar-refractivity contribution in [3.63, 3.8) is 0 Å². The lowest BCUT2D eigenvalue weighted by Crippen LogP contribution is -2.00. The van der Waals surface area contributed by atoms with Crippen LogP contribution in [-0.2, 0) is 16.1 Å². The van der Waals surface area contributed by atoms with Gasteiger partial charge in [0.2, 0.25) is 0 Å². The van der Waals surface area contributed by atoms with Gasteiger partial charge in [-0.25, -0.2) is 4.79 Å². The molecule has 0 aliphatic rings. The summed E-state index contributed by atoms with van der Waals surface area (Å²) in [6.45, 7) is 2.52. The maximum Gasteiger partial charge on any atom is 0.330 e. The third-order valence-electron chi connectivity index (χ3n) is 3.37. The summed E-state index contributed by atoms with van der Waals surface area (Å²) in [5.74, 6) is 0.913. The second-order valence-corrected chi connectivity index (χ2v) is 6.33. The van der Waals surface area contributed by atoms with Crippen LogP contribution in [0.15, 0.2) is 42.5 Å². The SMILES string of the molecule is COC(=O)/C=C/c1cc(I)c(OCc2ccc(C)cc2)c(OC)c1. The van der Waals surface area contributed by atoms with Crippen molar-refractivity contribution in [1.29, 1.82) is 0 Å². The molecular weight excluding hydrogens is 419 g/mol. The van der Waals surface area contributed by atoms with E-state index < -0.39 is 5.97 Å². The minimum absolute atomic E-state index is 0.399. The number of esters is 1. The van der Waals surface area contributed by atoms with Crippen molar-refractivity contribution in [1.82, 2.24) is 0 Å². The van der Waals surface area contributed by atoms with Gasteiger partial charge in [0.15, 0.2) is 11.5 Å². The molecule has 24 heavy (non-hydrogen) atoms. The molecule has 5 heteroatoms. The lowest BCUT2D eigenvalue weighted by molar-refractivity contribution is -0.134. The Morgan fingerprint density at radius 3 is 2.50 bits per heavy atom. The number of hydrogen-bond donors (Lipinski definition) is 0. The van der Waals surface area contributed by atoms with Crippen LogP contribution in [0.3, 0.4) is 0 Å². The smallest absolute Gasteiger partial charge is 0.330 e. The number of carbonyl (C=O) groups is 1. The maximum absolute atomic E-state index is 11.2. The maximum atomic E-state index is 11.2. The first-order valence-electron chi connectivity index (χ1n) is 7.35. The molecule has 0 aliphatic heterocycles. The van der Waals surface area contributed by atoms with Crippen molar-refractivity contribution in [2.75, 3.05) is 14.2 Å².